The van der Waals surface area contributed by atoms with E-state index in [1.165, 1.54) is 0 Å². The summed E-state index contributed by atoms with van der Waals surface area (Å²) in [5.74, 6) is -0.296. The average molecular weight is 464 g/mol. The van der Waals surface area contributed by atoms with Crippen molar-refractivity contribution in [2.24, 2.45) is 0 Å². The Bertz CT molecular complexity index is 1460. The van der Waals surface area contributed by atoms with Crippen molar-refractivity contribution in [2.45, 2.75) is 6.92 Å². The molecule has 5 aromatic rings. The fourth-order valence-corrected chi connectivity index (χ4v) is 4.07. The zero-order valence-corrected chi connectivity index (χ0v) is 19.3. The number of amides is 1. The molecule has 0 unspecified atom stereocenters. The Morgan fingerprint density at radius 1 is 0.765 bits per heavy atom. The molecule has 0 radical (unpaired) electrons. The average Bonchev–Trinajstić information content (AvgIpc) is 3.31. The molecule has 4 aromatic carbocycles. The van der Waals surface area contributed by atoms with Gasteiger partial charge in [-0.05, 0) is 60.0 Å². The summed E-state index contributed by atoms with van der Waals surface area (Å²) in [7, 11) is 0. The van der Waals surface area contributed by atoms with E-state index in [0.29, 0.717) is 16.4 Å². The summed E-state index contributed by atoms with van der Waals surface area (Å²) in [6, 6.07) is 35.5. The fourth-order valence-electron chi connectivity index (χ4n) is 3.88. The van der Waals surface area contributed by atoms with Crippen molar-refractivity contribution in [3.05, 3.63) is 125 Å². The molecule has 0 saturated carbocycles. The summed E-state index contributed by atoms with van der Waals surface area (Å²) in [4.78, 5) is 13.0. The number of hydrogen-bond acceptors (Lipinski definition) is 2. The van der Waals surface area contributed by atoms with Crippen LogP contribution in [0, 0.1) is 6.92 Å². The van der Waals surface area contributed by atoms with Gasteiger partial charge in [0.2, 0.25) is 0 Å². The minimum absolute atomic E-state index is 0.296. The van der Waals surface area contributed by atoms with Crippen LogP contribution in [-0.2, 0) is 0 Å². The summed E-state index contributed by atoms with van der Waals surface area (Å²) in [6.07, 6.45) is 0. The van der Waals surface area contributed by atoms with E-state index >= 15 is 0 Å². The van der Waals surface area contributed by atoms with Crippen LogP contribution in [0.3, 0.4) is 0 Å². The van der Waals surface area contributed by atoms with E-state index in [1.54, 1.807) is 24.3 Å². The largest absolute Gasteiger partial charge is 0.321 e. The molecule has 1 heterocycles. The SMILES string of the molecule is Cc1cccc(-n2nc(C(=O)Nc3cccc(Cl)c3)cc2-c2ccc(-c3ccccc3)cc2)c1. The van der Waals surface area contributed by atoms with Gasteiger partial charge in [-0.2, -0.15) is 5.10 Å². The molecule has 34 heavy (non-hydrogen) atoms. The predicted molar refractivity (Wildman–Crippen MR) is 139 cm³/mol. The molecular weight excluding hydrogens is 442 g/mol. The number of rotatable bonds is 5. The first-order valence-electron chi connectivity index (χ1n) is 11.0. The first-order valence-corrected chi connectivity index (χ1v) is 11.3. The van der Waals surface area contributed by atoms with E-state index < -0.39 is 0 Å². The van der Waals surface area contributed by atoms with Crippen LogP contribution in [0.1, 0.15) is 16.1 Å². The van der Waals surface area contributed by atoms with Gasteiger partial charge in [-0.15, -0.1) is 0 Å². The van der Waals surface area contributed by atoms with Gasteiger partial charge in [0, 0.05) is 16.3 Å². The fraction of sp³-hybridized carbons (Fsp3) is 0.0345. The molecule has 166 valence electrons. The molecule has 0 fully saturated rings. The predicted octanol–water partition coefficient (Wildman–Crippen LogP) is 7.42. The maximum Gasteiger partial charge on any atom is 0.276 e. The quantitative estimate of drug-likeness (QED) is 0.294. The van der Waals surface area contributed by atoms with Crippen molar-refractivity contribution in [1.29, 1.82) is 0 Å². The number of carbonyl (C=O) groups excluding carboxylic acids is 1. The van der Waals surface area contributed by atoms with Crippen LogP contribution in [0.5, 0.6) is 0 Å². The molecule has 1 N–H and O–H groups in total. The molecule has 1 amide bonds. The first-order chi connectivity index (χ1) is 16.6. The third-order valence-electron chi connectivity index (χ3n) is 5.56. The molecule has 5 rings (SSSR count). The van der Waals surface area contributed by atoms with E-state index in [-0.39, 0.29) is 5.91 Å². The lowest BCUT2D eigenvalue weighted by molar-refractivity contribution is 0.102. The van der Waals surface area contributed by atoms with Gasteiger partial charge in [-0.3, -0.25) is 4.79 Å². The second kappa shape index (κ2) is 9.38. The van der Waals surface area contributed by atoms with Crippen molar-refractivity contribution < 1.29 is 4.79 Å². The summed E-state index contributed by atoms with van der Waals surface area (Å²) >= 11 is 6.06. The van der Waals surface area contributed by atoms with Gasteiger partial charge in [0.15, 0.2) is 5.69 Å². The van der Waals surface area contributed by atoms with Gasteiger partial charge in [0.05, 0.1) is 11.4 Å². The Balaban J connectivity index is 1.54. The van der Waals surface area contributed by atoms with Crippen molar-refractivity contribution in [3.8, 4) is 28.1 Å². The van der Waals surface area contributed by atoms with Crippen LogP contribution in [0.15, 0.2) is 109 Å². The number of aromatic nitrogens is 2. The lowest BCUT2D eigenvalue weighted by Gasteiger charge is -2.09. The minimum atomic E-state index is -0.296. The molecule has 0 aliphatic heterocycles. The monoisotopic (exact) mass is 463 g/mol. The topological polar surface area (TPSA) is 46.9 Å². The van der Waals surface area contributed by atoms with Gasteiger partial charge in [-0.1, -0.05) is 84.4 Å². The highest BCUT2D eigenvalue weighted by Crippen LogP contribution is 2.28. The molecule has 0 atom stereocenters. The van der Waals surface area contributed by atoms with Crippen LogP contribution >= 0.6 is 11.6 Å². The molecule has 0 saturated heterocycles. The van der Waals surface area contributed by atoms with Gasteiger partial charge < -0.3 is 5.32 Å². The molecule has 0 aliphatic carbocycles. The molecule has 5 heteroatoms. The lowest BCUT2D eigenvalue weighted by atomic mass is 10.0. The third kappa shape index (κ3) is 4.63. The van der Waals surface area contributed by atoms with Crippen molar-refractivity contribution in [3.63, 3.8) is 0 Å². The number of hydrogen-bond donors (Lipinski definition) is 1. The standard InChI is InChI=1S/C29H22ClN3O/c1-20-7-5-12-26(17-20)33-28(23-15-13-22(14-16-23)21-8-3-2-4-9-21)19-27(32-33)29(34)31-25-11-6-10-24(30)18-25/h2-19H,1H3,(H,31,34). The van der Waals surface area contributed by atoms with Crippen molar-refractivity contribution in [2.75, 3.05) is 5.32 Å². The highest BCUT2D eigenvalue weighted by Gasteiger charge is 2.17. The second-order valence-electron chi connectivity index (χ2n) is 8.07. The van der Waals surface area contributed by atoms with Gasteiger partial charge in [-0.25, -0.2) is 4.68 Å². The highest BCUT2D eigenvalue weighted by atomic mass is 35.5. The van der Waals surface area contributed by atoms with E-state index in [1.807, 2.05) is 60.1 Å². The second-order valence-corrected chi connectivity index (χ2v) is 8.51. The summed E-state index contributed by atoms with van der Waals surface area (Å²) in [5, 5.41) is 8.11. The normalized spacial score (nSPS) is 10.8. The summed E-state index contributed by atoms with van der Waals surface area (Å²) in [5.41, 5.74) is 7.04. The Morgan fingerprint density at radius 3 is 2.21 bits per heavy atom. The van der Waals surface area contributed by atoms with E-state index in [9.17, 15) is 4.79 Å². The third-order valence-corrected chi connectivity index (χ3v) is 5.79. The van der Waals surface area contributed by atoms with Crippen LogP contribution in [0.4, 0.5) is 5.69 Å². The lowest BCUT2D eigenvalue weighted by Crippen LogP contribution is -2.13. The zero-order valence-electron chi connectivity index (χ0n) is 18.6. The van der Waals surface area contributed by atoms with Gasteiger partial charge in [0.1, 0.15) is 0 Å². The summed E-state index contributed by atoms with van der Waals surface area (Å²) in [6.45, 7) is 2.04. The number of anilines is 1. The van der Waals surface area contributed by atoms with E-state index in [2.05, 4.69) is 46.8 Å². The Hall–Kier alpha value is -4.15. The molecule has 4 nitrogen and oxygen atoms in total. The zero-order chi connectivity index (χ0) is 23.5. The van der Waals surface area contributed by atoms with Gasteiger partial charge in [0.25, 0.3) is 5.91 Å². The van der Waals surface area contributed by atoms with Crippen molar-refractivity contribution >= 4 is 23.2 Å². The smallest absolute Gasteiger partial charge is 0.276 e. The molecular formula is C29H22ClN3O. The summed E-state index contributed by atoms with van der Waals surface area (Å²) < 4.78 is 1.82. The number of nitrogens with zero attached hydrogens (tertiary/aromatic N) is 2. The molecule has 0 bridgehead atoms. The maximum atomic E-state index is 13.0. The van der Waals surface area contributed by atoms with Crippen LogP contribution in [-0.4, -0.2) is 15.7 Å². The van der Waals surface area contributed by atoms with Crippen LogP contribution in [0.2, 0.25) is 5.02 Å². The Morgan fingerprint density at radius 2 is 1.47 bits per heavy atom. The van der Waals surface area contributed by atoms with E-state index in [0.717, 1.165) is 33.6 Å². The molecule has 0 spiro atoms. The van der Waals surface area contributed by atoms with Crippen LogP contribution in [0.25, 0.3) is 28.1 Å². The first kappa shape index (κ1) is 21.7. The number of carbonyl (C=O) groups is 1. The van der Waals surface area contributed by atoms with Crippen LogP contribution < -0.4 is 5.32 Å². The molecule has 1 aromatic heterocycles. The number of benzene rings is 4. The Kier molecular flexibility index (Phi) is 5.98. The Labute approximate surface area is 203 Å². The molecule has 0 aliphatic rings. The van der Waals surface area contributed by atoms with E-state index in [4.69, 9.17) is 11.6 Å². The highest BCUT2D eigenvalue weighted by molar-refractivity contribution is 6.31. The minimum Gasteiger partial charge on any atom is -0.321 e. The number of aryl methyl sites for hydroxylation is 1. The van der Waals surface area contributed by atoms with Crippen molar-refractivity contribution in [1.82, 2.24) is 9.78 Å². The maximum absolute atomic E-state index is 13.0. The van der Waals surface area contributed by atoms with Gasteiger partial charge >= 0.3 is 0 Å². The number of nitrogens with one attached hydrogen (secondary N) is 1. The number of halogens is 1.